The average molecular weight is 476 g/mol. The van der Waals surface area contributed by atoms with Crippen molar-refractivity contribution in [3.63, 3.8) is 0 Å². The number of rotatable bonds is 11. The Labute approximate surface area is 201 Å². The van der Waals surface area contributed by atoms with Gasteiger partial charge in [0.2, 0.25) is 17.6 Å². The lowest BCUT2D eigenvalue weighted by Crippen LogP contribution is -2.60. The van der Waals surface area contributed by atoms with Crippen molar-refractivity contribution in [1.29, 1.82) is 0 Å². The first kappa shape index (κ1) is 28.7. The van der Waals surface area contributed by atoms with Crippen LogP contribution in [0.15, 0.2) is 12.7 Å². The lowest BCUT2D eigenvalue weighted by atomic mass is 9.85. The first-order chi connectivity index (χ1) is 16.0. The molecule has 0 aliphatic carbocycles. The van der Waals surface area contributed by atoms with Crippen LogP contribution in [0.25, 0.3) is 0 Å². The number of terminal acetylenes is 1. The summed E-state index contributed by atoms with van der Waals surface area (Å²) in [5.41, 5.74) is -0.611. The number of urea groups is 1. The first-order valence-electron chi connectivity index (χ1n) is 11.5. The Hall–Kier alpha value is -3.35. The van der Waals surface area contributed by atoms with Crippen LogP contribution < -0.4 is 21.3 Å². The topological polar surface area (TPSA) is 137 Å². The second kappa shape index (κ2) is 13.4. The minimum atomic E-state index is -1.11. The molecule has 0 saturated carbocycles. The minimum Gasteiger partial charge on any atom is -0.346 e. The molecule has 1 fully saturated rings. The Balaban J connectivity index is 3.03. The summed E-state index contributed by atoms with van der Waals surface area (Å²) in [4.78, 5) is 64.8. The lowest BCUT2D eigenvalue weighted by molar-refractivity contribution is -0.143. The Kier molecular flexibility index (Phi) is 11.3. The van der Waals surface area contributed by atoms with Gasteiger partial charge in [-0.25, -0.2) is 4.79 Å². The van der Waals surface area contributed by atoms with Crippen LogP contribution in [0.5, 0.6) is 0 Å². The normalized spacial score (nSPS) is 17.0. The molecule has 34 heavy (non-hydrogen) atoms. The van der Waals surface area contributed by atoms with Crippen LogP contribution in [-0.2, 0) is 19.2 Å². The van der Waals surface area contributed by atoms with E-state index in [2.05, 4.69) is 33.8 Å². The zero-order valence-electron chi connectivity index (χ0n) is 20.5. The van der Waals surface area contributed by atoms with Crippen molar-refractivity contribution in [3.8, 4) is 12.3 Å². The number of ketones is 1. The smallest absolute Gasteiger partial charge is 0.315 e. The van der Waals surface area contributed by atoms with E-state index in [1.807, 2.05) is 20.8 Å². The van der Waals surface area contributed by atoms with Crippen molar-refractivity contribution in [1.82, 2.24) is 26.2 Å². The summed E-state index contributed by atoms with van der Waals surface area (Å²) < 4.78 is 0. The maximum atomic E-state index is 13.4. The Morgan fingerprint density at radius 2 is 1.85 bits per heavy atom. The number of nitrogens with zero attached hydrogens (tertiary/aromatic N) is 1. The Morgan fingerprint density at radius 1 is 1.18 bits per heavy atom. The molecule has 0 radical (unpaired) electrons. The van der Waals surface area contributed by atoms with Gasteiger partial charge in [-0.15, -0.1) is 18.9 Å². The van der Waals surface area contributed by atoms with Gasteiger partial charge in [0.05, 0.1) is 6.04 Å². The zero-order chi connectivity index (χ0) is 25.9. The highest BCUT2D eigenvalue weighted by atomic mass is 16.2. The molecule has 2 unspecified atom stereocenters. The third-order valence-electron chi connectivity index (χ3n) is 5.41. The fourth-order valence-electron chi connectivity index (χ4n) is 3.63. The Bertz CT molecular complexity index is 827. The van der Waals surface area contributed by atoms with Crippen LogP contribution in [0.4, 0.5) is 4.79 Å². The number of hydrogen-bond donors (Lipinski definition) is 4. The molecule has 4 N–H and O–H groups in total. The van der Waals surface area contributed by atoms with Gasteiger partial charge in [0.1, 0.15) is 12.1 Å². The van der Waals surface area contributed by atoms with Crippen LogP contribution in [0.1, 0.15) is 53.4 Å². The number of carbonyl (C=O) groups excluding carboxylic acids is 5. The standard InChI is InChI=1S/C24H37N5O5/c1-7-10-12-16(18(30)21(32)26-14-8-2)27-20(31)17-13-11-15-29(17)22(33)19(24(4,5)6)28-23(34)25-9-3/h1,8,16-17,19H,2,9-15H2,3-6H3,(H,26,32)(H,27,31)(H2,25,28,34)/t16?,17-,19?/m0/s1. The van der Waals surface area contributed by atoms with Gasteiger partial charge in [0.25, 0.3) is 5.91 Å². The fraction of sp³-hybridized carbons (Fsp3) is 0.625. The molecule has 1 aliphatic rings. The van der Waals surface area contributed by atoms with E-state index in [9.17, 15) is 24.0 Å². The molecular formula is C24H37N5O5. The number of nitrogens with one attached hydrogen (secondary N) is 4. The number of hydrogen-bond acceptors (Lipinski definition) is 5. The van der Waals surface area contributed by atoms with E-state index in [-0.39, 0.29) is 25.3 Å². The van der Waals surface area contributed by atoms with Crippen molar-refractivity contribution < 1.29 is 24.0 Å². The summed E-state index contributed by atoms with van der Waals surface area (Å²) in [6, 6.07) is -3.28. The number of Topliss-reactive ketones (excluding diaryl/α,β-unsaturated/α-hetero) is 1. The third-order valence-corrected chi connectivity index (χ3v) is 5.41. The van der Waals surface area contributed by atoms with Gasteiger partial charge in [-0.3, -0.25) is 19.2 Å². The summed E-state index contributed by atoms with van der Waals surface area (Å²) in [5, 5.41) is 10.3. The van der Waals surface area contributed by atoms with Gasteiger partial charge in [-0.05, 0) is 31.6 Å². The molecular weight excluding hydrogens is 438 g/mol. The number of carbonyl (C=O) groups is 5. The van der Waals surface area contributed by atoms with Crippen LogP contribution in [0.3, 0.4) is 0 Å². The summed E-state index contributed by atoms with van der Waals surface area (Å²) in [7, 11) is 0. The lowest BCUT2D eigenvalue weighted by Gasteiger charge is -2.35. The Morgan fingerprint density at radius 3 is 2.41 bits per heavy atom. The highest BCUT2D eigenvalue weighted by molar-refractivity contribution is 6.38. The van der Waals surface area contributed by atoms with Gasteiger partial charge in [0.15, 0.2) is 0 Å². The molecule has 0 aromatic carbocycles. The molecule has 188 valence electrons. The molecule has 1 aliphatic heterocycles. The molecule has 10 nitrogen and oxygen atoms in total. The minimum absolute atomic E-state index is 0.0899. The third kappa shape index (κ3) is 8.21. The molecule has 1 rings (SSSR count). The van der Waals surface area contributed by atoms with Gasteiger partial charge in [-0.1, -0.05) is 26.8 Å². The van der Waals surface area contributed by atoms with Gasteiger partial charge < -0.3 is 26.2 Å². The summed E-state index contributed by atoms with van der Waals surface area (Å²) >= 11 is 0. The molecule has 0 spiro atoms. The van der Waals surface area contributed by atoms with Gasteiger partial charge >= 0.3 is 6.03 Å². The van der Waals surface area contributed by atoms with E-state index in [1.54, 1.807) is 6.92 Å². The van der Waals surface area contributed by atoms with E-state index in [0.29, 0.717) is 25.9 Å². The molecule has 5 amide bonds. The molecule has 3 atom stereocenters. The van der Waals surface area contributed by atoms with Gasteiger partial charge in [0, 0.05) is 26.1 Å². The van der Waals surface area contributed by atoms with Crippen molar-refractivity contribution in [2.45, 2.75) is 71.5 Å². The highest BCUT2D eigenvalue weighted by Crippen LogP contribution is 2.26. The number of amides is 5. The van der Waals surface area contributed by atoms with E-state index < -0.39 is 47.2 Å². The maximum absolute atomic E-state index is 13.4. The second-order valence-corrected chi connectivity index (χ2v) is 9.16. The van der Waals surface area contributed by atoms with Crippen LogP contribution in [-0.4, -0.2) is 72.2 Å². The van der Waals surface area contributed by atoms with Crippen LogP contribution in [0, 0.1) is 17.8 Å². The quantitative estimate of drug-likeness (QED) is 0.196. The van der Waals surface area contributed by atoms with Gasteiger partial charge in [-0.2, -0.15) is 0 Å². The predicted octanol–water partition coefficient (Wildman–Crippen LogP) is 0.481. The summed E-state index contributed by atoms with van der Waals surface area (Å²) in [5.74, 6) is -0.178. The summed E-state index contributed by atoms with van der Waals surface area (Å²) in [6.45, 7) is 11.6. The largest absolute Gasteiger partial charge is 0.346 e. The molecule has 10 heteroatoms. The monoisotopic (exact) mass is 475 g/mol. The van der Waals surface area contributed by atoms with Crippen molar-refractivity contribution >= 4 is 29.5 Å². The fourth-order valence-corrected chi connectivity index (χ4v) is 3.63. The van der Waals surface area contributed by atoms with Crippen LogP contribution in [0.2, 0.25) is 0 Å². The second-order valence-electron chi connectivity index (χ2n) is 9.16. The van der Waals surface area contributed by atoms with E-state index >= 15 is 0 Å². The first-order valence-corrected chi connectivity index (χ1v) is 11.5. The van der Waals surface area contributed by atoms with E-state index in [4.69, 9.17) is 6.42 Å². The summed E-state index contributed by atoms with van der Waals surface area (Å²) in [6.07, 6.45) is 7.99. The molecule has 0 aromatic rings. The molecule has 0 aromatic heterocycles. The van der Waals surface area contributed by atoms with E-state index in [0.717, 1.165) is 0 Å². The van der Waals surface area contributed by atoms with Crippen molar-refractivity contribution in [2.24, 2.45) is 5.41 Å². The van der Waals surface area contributed by atoms with Crippen LogP contribution >= 0.6 is 0 Å². The van der Waals surface area contributed by atoms with Crippen molar-refractivity contribution in [3.05, 3.63) is 12.7 Å². The average Bonchev–Trinajstić information content (AvgIpc) is 3.27. The maximum Gasteiger partial charge on any atom is 0.315 e. The van der Waals surface area contributed by atoms with Crippen molar-refractivity contribution in [2.75, 3.05) is 19.6 Å². The predicted molar refractivity (Wildman–Crippen MR) is 128 cm³/mol. The molecule has 0 bridgehead atoms. The zero-order valence-corrected chi connectivity index (χ0v) is 20.5. The highest BCUT2D eigenvalue weighted by Gasteiger charge is 2.42. The van der Waals surface area contributed by atoms with E-state index in [1.165, 1.54) is 11.0 Å². The SMILES string of the molecule is C#CCCC(NC(=O)[C@@H]1CCCN1C(=O)C(NC(=O)NCC)C(C)(C)C)C(=O)C(=O)NCC=C. The number of likely N-dealkylation sites (tertiary alicyclic amines) is 1. The molecule has 1 heterocycles. The molecule has 1 saturated heterocycles.